The molecule has 0 bridgehead atoms. The van der Waals surface area contributed by atoms with Gasteiger partial charge in [-0.2, -0.15) is 0 Å². The molecule has 0 aliphatic carbocycles. The molecule has 0 radical (unpaired) electrons. The Balaban J connectivity index is 1.47. The number of rotatable bonds is 17. The normalized spacial score (nSPS) is 52.3. The topological polar surface area (TPSA) is 427 Å². The summed E-state index contributed by atoms with van der Waals surface area (Å²) in [5.41, 5.74) is 0. The molecule has 0 aromatic rings. The van der Waals surface area contributed by atoms with E-state index in [1.54, 1.807) is 0 Å². The lowest BCUT2D eigenvalue weighted by Crippen LogP contribution is -2.63. The van der Waals surface area contributed by atoms with Crippen molar-refractivity contribution in [3.8, 4) is 0 Å². The van der Waals surface area contributed by atoms with Gasteiger partial charge in [0.15, 0.2) is 6.29 Å². The van der Waals surface area contributed by atoms with Gasteiger partial charge in [-0.05, 0) is 0 Å². The van der Waals surface area contributed by atoms with Crippen molar-refractivity contribution in [2.24, 2.45) is 0 Å². The maximum atomic E-state index is 11.3. The van der Waals surface area contributed by atoms with E-state index in [9.17, 15) is 86.8 Å². The van der Waals surface area contributed by atoms with Crippen molar-refractivity contribution in [2.75, 3.05) is 59.5 Å². The second kappa shape index (κ2) is 17.9. The number of hydrogen-bond donors (Lipinski definition) is 17. The molecule has 5 heterocycles. The van der Waals surface area contributed by atoms with Gasteiger partial charge >= 0.3 is 0 Å². The SMILES string of the molecule is OC[C@H]1OC(CO)(OCC2(OCC3(OCC4(OC5O[C@H](CO)[C@@H](O)[C@H](O)[C@H]5O)O[C@H](CO)[C@@H](O)[C@@H]4O)O[C@H](CO)[C@@H](O)[C@@H]3O)O[C@H](CO)[C@@H](O)[C@@H]2O)[C@@H](O)[C@@H]1O. The molecule has 0 aromatic heterocycles. The van der Waals surface area contributed by atoms with Crippen molar-refractivity contribution in [1.29, 1.82) is 0 Å². The van der Waals surface area contributed by atoms with Crippen LogP contribution < -0.4 is 0 Å². The summed E-state index contributed by atoms with van der Waals surface area (Å²) in [7, 11) is 0. The first-order valence-electron chi connectivity index (χ1n) is 17.5. The molecule has 5 rings (SSSR count). The Morgan fingerprint density at radius 3 is 1.05 bits per heavy atom. The molecule has 5 aliphatic heterocycles. The van der Waals surface area contributed by atoms with Gasteiger partial charge in [0.1, 0.15) is 124 Å². The zero-order valence-electron chi connectivity index (χ0n) is 29.5. The molecule has 0 saturated carbocycles. The predicted octanol–water partition coefficient (Wildman–Crippen LogP) is -11.9. The van der Waals surface area contributed by atoms with Gasteiger partial charge in [-0.25, -0.2) is 0 Å². The minimum atomic E-state index is -2.79. The highest BCUT2D eigenvalue weighted by Gasteiger charge is 2.65. The van der Waals surface area contributed by atoms with Gasteiger partial charge in [-0.3, -0.25) is 0 Å². The summed E-state index contributed by atoms with van der Waals surface area (Å²) in [6, 6.07) is 0. The van der Waals surface area contributed by atoms with Gasteiger partial charge in [-0.15, -0.1) is 0 Å². The molecule has 0 spiro atoms. The van der Waals surface area contributed by atoms with Crippen LogP contribution in [-0.4, -0.2) is 273 Å². The molecule has 26 nitrogen and oxygen atoms in total. The molecule has 328 valence electrons. The fraction of sp³-hybridized carbons (Fsp3) is 1.00. The lowest BCUT2D eigenvalue weighted by molar-refractivity contribution is -0.406. The predicted molar refractivity (Wildman–Crippen MR) is 167 cm³/mol. The summed E-state index contributed by atoms with van der Waals surface area (Å²) < 4.78 is 50.6. The van der Waals surface area contributed by atoms with E-state index in [0.29, 0.717) is 0 Å². The molecule has 0 aromatic carbocycles. The van der Waals surface area contributed by atoms with Crippen LogP contribution in [0.25, 0.3) is 0 Å². The van der Waals surface area contributed by atoms with E-state index in [1.165, 1.54) is 0 Å². The molecular formula is C30H52O26. The number of aliphatic hydroxyl groups is 17. The van der Waals surface area contributed by atoms with Gasteiger partial charge in [0.05, 0.1) is 33.0 Å². The third kappa shape index (κ3) is 7.97. The van der Waals surface area contributed by atoms with Crippen molar-refractivity contribution < 1.29 is 129 Å². The third-order valence-corrected chi connectivity index (χ3v) is 10.7. The Labute approximate surface area is 316 Å². The van der Waals surface area contributed by atoms with Crippen LogP contribution in [0.2, 0.25) is 0 Å². The second-order valence-corrected chi connectivity index (χ2v) is 14.2. The van der Waals surface area contributed by atoms with Crippen LogP contribution in [0.15, 0.2) is 0 Å². The highest BCUT2D eigenvalue weighted by atomic mass is 16.8. The Morgan fingerprint density at radius 2 is 0.679 bits per heavy atom. The minimum absolute atomic E-state index is 0.852. The van der Waals surface area contributed by atoms with Gasteiger partial charge in [0, 0.05) is 0 Å². The fourth-order valence-electron chi connectivity index (χ4n) is 7.15. The number of ether oxygens (including phenoxy) is 9. The van der Waals surface area contributed by atoms with E-state index in [0.717, 1.165) is 0 Å². The van der Waals surface area contributed by atoms with Gasteiger partial charge in [0.2, 0.25) is 23.1 Å². The molecule has 56 heavy (non-hydrogen) atoms. The number of aliphatic hydroxyl groups excluding tert-OH is 17. The standard InChI is InChI=1S/C30H52O26/c31-1-10-15(37)20(42)21(43)26(51-10)56-30(25(47)19(41)14(5-35)55-30)9-50-29(24(46)18(40)13(4-34)54-29)8-49-28(23(45)17(39)12(3-33)53-28)7-48-27(6-36)22(44)16(38)11(2-32)52-27/h10-26,31-47H,1-9H2/t10-,11-,12-,13-,14-,15-,16-,17-,18-,19-,20+,21-,22+,23+,24+,25+,26?,27?,28?,29?,30?/m1/s1. The second-order valence-electron chi connectivity index (χ2n) is 14.2. The molecule has 0 amide bonds. The van der Waals surface area contributed by atoms with Crippen molar-refractivity contribution in [1.82, 2.24) is 0 Å². The smallest absolute Gasteiger partial charge is 0.224 e. The summed E-state index contributed by atoms with van der Waals surface area (Å²) >= 11 is 0. The monoisotopic (exact) mass is 828 g/mol. The van der Waals surface area contributed by atoms with Gasteiger partial charge < -0.3 is 129 Å². The van der Waals surface area contributed by atoms with E-state index in [4.69, 9.17) is 42.6 Å². The maximum absolute atomic E-state index is 11.3. The molecule has 17 N–H and O–H groups in total. The molecule has 5 aliphatic rings. The van der Waals surface area contributed by atoms with Crippen LogP contribution in [0.5, 0.6) is 0 Å². The zero-order chi connectivity index (χ0) is 41.5. The Hall–Kier alpha value is -1.04. The van der Waals surface area contributed by atoms with Gasteiger partial charge in [-0.1, -0.05) is 0 Å². The van der Waals surface area contributed by atoms with Crippen LogP contribution in [0.3, 0.4) is 0 Å². The Morgan fingerprint density at radius 1 is 0.357 bits per heavy atom. The zero-order valence-corrected chi connectivity index (χ0v) is 29.5. The van der Waals surface area contributed by atoms with E-state index in [2.05, 4.69) is 0 Å². The first kappa shape index (κ1) is 46.0. The van der Waals surface area contributed by atoms with Crippen LogP contribution in [0.1, 0.15) is 0 Å². The van der Waals surface area contributed by atoms with Gasteiger partial charge in [0.25, 0.3) is 0 Å². The summed E-state index contributed by atoms with van der Waals surface area (Å²) in [6.07, 6.45) is -32.5. The third-order valence-electron chi connectivity index (χ3n) is 10.7. The molecule has 26 heteroatoms. The molecule has 21 atom stereocenters. The lowest BCUT2D eigenvalue weighted by atomic mass is 9.99. The Bertz CT molecular complexity index is 1270. The average molecular weight is 829 g/mol. The van der Waals surface area contributed by atoms with Crippen LogP contribution >= 0.6 is 0 Å². The highest BCUT2D eigenvalue weighted by molar-refractivity contribution is 5.04. The van der Waals surface area contributed by atoms with Crippen molar-refractivity contribution in [3.63, 3.8) is 0 Å². The van der Waals surface area contributed by atoms with Crippen molar-refractivity contribution >= 4 is 0 Å². The van der Waals surface area contributed by atoms with E-state index >= 15 is 0 Å². The molecule has 5 saturated heterocycles. The largest absolute Gasteiger partial charge is 0.394 e. The Kier molecular flexibility index (Phi) is 14.7. The van der Waals surface area contributed by atoms with E-state index in [-0.39, 0.29) is 0 Å². The van der Waals surface area contributed by atoms with Crippen LogP contribution in [0.4, 0.5) is 0 Å². The molecule has 5 fully saturated rings. The minimum Gasteiger partial charge on any atom is -0.394 e. The molecule has 5 unspecified atom stereocenters. The maximum Gasteiger partial charge on any atom is 0.224 e. The number of hydrogen-bond acceptors (Lipinski definition) is 26. The fourth-order valence-corrected chi connectivity index (χ4v) is 7.15. The first-order chi connectivity index (χ1) is 26.4. The average Bonchev–Trinajstić information content (AvgIpc) is 3.80. The quantitative estimate of drug-likeness (QED) is 0.0647. The van der Waals surface area contributed by atoms with E-state index in [1.807, 2.05) is 0 Å². The van der Waals surface area contributed by atoms with Crippen LogP contribution in [-0.2, 0) is 42.6 Å². The molecular weight excluding hydrogens is 776 g/mol. The first-order valence-corrected chi connectivity index (χ1v) is 17.5. The highest BCUT2D eigenvalue weighted by Crippen LogP contribution is 2.43. The van der Waals surface area contributed by atoms with Crippen molar-refractivity contribution in [2.45, 2.75) is 127 Å². The van der Waals surface area contributed by atoms with Crippen molar-refractivity contribution in [3.05, 3.63) is 0 Å². The summed E-state index contributed by atoms with van der Waals surface area (Å²) in [4.78, 5) is 0. The van der Waals surface area contributed by atoms with Crippen LogP contribution in [0, 0.1) is 0 Å². The summed E-state index contributed by atoms with van der Waals surface area (Å²) in [6.45, 7) is -9.51. The lowest BCUT2D eigenvalue weighted by Gasteiger charge is -2.45. The summed E-state index contributed by atoms with van der Waals surface area (Å²) in [5.74, 6) is -10.8. The van der Waals surface area contributed by atoms with E-state index < -0.39 is 187 Å². The summed E-state index contributed by atoms with van der Waals surface area (Å²) in [5, 5.41) is 177.